The Bertz CT molecular complexity index is 470. The Morgan fingerprint density at radius 3 is 2.41 bits per heavy atom. The number of aryl methyl sites for hydroxylation is 1. The molecule has 1 heteroatoms. The minimum Gasteiger partial charge on any atom is -0.496 e. The molecule has 0 aliphatic heterocycles. The van der Waals surface area contributed by atoms with Gasteiger partial charge in [-0.15, -0.1) is 0 Å². The van der Waals surface area contributed by atoms with Gasteiger partial charge in [0.25, 0.3) is 0 Å². The van der Waals surface area contributed by atoms with Crippen molar-refractivity contribution in [3.63, 3.8) is 0 Å². The van der Waals surface area contributed by atoms with Crippen LogP contribution in [0.2, 0.25) is 0 Å². The van der Waals surface area contributed by atoms with Gasteiger partial charge >= 0.3 is 0 Å². The van der Waals surface area contributed by atoms with Crippen molar-refractivity contribution >= 4 is 0 Å². The Labute approximate surface area is 104 Å². The average molecular weight is 230 g/mol. The first-order valence-electron chi connectivity index (χ1n) is 6.31. The summed E-state index contributed by atoms with van der Waals surface area (Å²) in [4.78, 5) is 0. The molecular formula is C16H22O. The molecule has 0 spiro atoms. The molecule has 1 aromatic carbocycles. The predicted octanol–water partition coefficient (Wildman–Crippen LogP) is 4.39. The molecule has 0 radical (unpaired) electrons. The van der Waals surface area contributed by atoms with Crippen molar-refractivity contribution in [1.29, 1.82) is 0 Å². The van der Waals surface area contributed by atoms with E-state index in [1.165, 1.54) is 35.1 Å². The molecule has 0 bridgehead atoms. The number of hydrogen-bond donors (Lipinski definition) is 0. The first kappa shape index (κ1) is 12.2. The third-order valence-electron chi connectivity index (χ3n) is 4.42. The van der Waals surface area contributed by atoms with Gasteiger partial charge in [-0.05, 0) is 45.2 Å². The van der Waals surface area contributed by atoms with Crippen LogP contribution < -0.4 is 4.74 Å². The fourth-order valence-electron chi connectivity index (χ4n) is 2.87. The topological polar surface area (TPSA) is 9.23 Å². The van der Waals surface area contributed by atoms with Gasteiger partial charge in [0, 0.05) is 11.0 Å². The molecule has 0 amide bonds. The molecule has 0 heterocycles. The number of rotatable bonds is 2. The fraction of sp³-hybridized carbons (Fsp3) is 0.500. The molecule has 1 aliphatic rings. The molecule has 0 aromatic heterocycles. The van der Waals surface area contributed by atoms with E-state index in [2.05, 4.69) is 45.9 Å². The van der Waals surface area contributed by atoms with Gasteiger partial charge in [-0.3, -0.25) is 0 Å². The van der Waals surface area contributed by atoms with Crippen molar-refractivity contribution in [2.45, 2.75) is 46.0 Å². The second-order valence-electron chi connectivity index (χ2n) is 5.44. The first-order valence-corrected chi connectivity index (χ1v) is 6.31. The van der Waals surface area contributed by atoms with Gasteiger partial charge < -0.3 is 4.74 Å². The fourth-order valence-corrected chi connectivity index (χ4v) is 2.87. The summed E-state index contributed by atoms with van der Waals surface area (Å²) in [5.74, 6) is 1.03. The molecule has 2 rings (SSSR count). The maximum atomic E-state index is 5.56. The van der Waals surface area contributed by atoms with Crippen molar-refractivity contribution < 1.29 is 4.74 Å². The largest absolute Gasteiger partial charge is 0.496 e. The molecule has 92 valence electrons. The molecule has 0 N–H and O–H groups in total. The van der Waals surface area contributed by atoms with E-state index in [-0.39, 0.29) is 5.41 Å². The molecule has 1 aromatic rings. The molecular weight excluding hydrogens is 208 g/mol. The van der Waals surface area contributed by atoms with E-state index in [1.54, 1.807) is 7.11 Å². The zero-order valence-electron chi connectivity index (χ0n) is 11.6. The zero-order valence-corrected chi connectivity index (χ0v) is 11.6. The predicted molar refractivity (Wildman–Crippen MR) is 72.7 cm³/mol. The molecule has 0 fully saturated rings. The lowest BCUT2D eigenvalue weighted by atomic mass is 9.76. The molecule has 0 unspecified atom stereocenters. The van der Waals surface area contributed by atoms with Gasteiger partial charge in [-0.2, -0.15) is 0 Å². The highest BCUT2D eigenvalue weighted by Crippen LogP contribution is 2.47. The van der Waals surface area contributed by atoms with Crippen LogP contribution in [0.4, 0.5) is 0 Å². The lowest BCUT2D eigenvalue weighted by Crippen LogP contribution is -2.21. The van der Waals surface area contributed by atoms with Crippen LogP contribution in [-0.2, 0) is 5.41 Å². The van der Waals surface area contributed by atoms with Crippen molar-refractivity contribution in [2.75, 3.05) is 7.11 Å². The van der Waals surface area contributed by atoms with E-state index in [0.717, 1.165) is 5.75 Å². The number of hydrogen-bond acceptors (Lipinski definition) is 1. The van der Waals surface area contributed by atoms with Gasteiger partial charge in [0.15, 0.2) is 0 Å². The molecule has 1 atom stereocenters. The summed E-state index contributed by atoms with van der Waals surface area (Å²) < 4.78 is 5.56. The lowest BCUT2D eigenvalue weighted by Gasteiger charge is -2.29. The van der Waals surface area contributed by atoms with Crippen LogP contribution in [0.25, 0.3) is 0 Å². The summed E-state index contributed by atoms with van der Waals surface area (Å²) in [6.45, 7) is 8.96. The number of allylic oxidation sites excluding steroid dienone is 2. The minimum absolute atomic E-state index is 0.156. The smallest absolute Gasteiger partial charge is 0.123 e. The molecule has 0 saturated carbocycles. The van der Waals surface area contributed by atoms with Gasteiger partial charge in [0.05, 0.1) is 7.11 Å². The summed E-state index contributed by atoms with van der Waals surface area (Å²) in [6, 6.07) is 6.56. The van der Waals surface area contributed by atoms with Crippen molar-refractivity contribution in [3.05, 3.63) is 40.5 Å². The standard InChI is InChI=1S/C16H22O/c1-11-6-7-14(15(10-11)17-5)16(4)9-8-12(2)13(16)3/h6-7,10H,8-9H2,1-5H3/t16-/m1/s1. The SMILES string of the molecule is COc1cc(C)ccc1[C@]1(C)CCC(C)=C1C. The summed E-state index contributed by atoms with van der Waals surface area (Å²) in [6.07, 6.45) is 2.41. The van der Waals surface area contributed by atoms with Crippen LogP contribution in [-0.4, -0.2) is 7.11 Å². The van der Waals surface area contributed by atoms with Gasteiger partial charge in [-0.25, -0.2) is 0 Å². The first-order chi connectivity index (χ1) is 7.99. The van der Waals surface area contributed by atoms with Gasteiger partial charge in [-0.1, -0.05) is 30.2 Å². The van der Waals surface area contributed by atoms with Crippen molar-refractivity contribution in [1.82, 2.24) is 0 Å². The van der Waals surface area contributed by atoms with Crippen LogP contribution in [0.1, 0.15) is 44.7 Å². The maximum Gasteiger partial charge on any atom is 0.123 e. The summed E-state index contributed by atoms with van der Waals surface area (Å²) in [5, 5.41) is 0. The highest BCUT2D eigenvalue weighted by atomic mass is 16.5. The van der Waals surface area contributed by atoms with E-state index in [0.29, 0.717) is 0 Å². The Morgan fingerprint density at radius 1 is 1.18 bits per heavy atom. The Hall–Kier alpha value is -1.24. The Balaban J connectivity index is 2.55. The van der Waals surface area contributed by atoms with Gasteiger partial charge in [0.1, 0.15) is 5.75 Å². The second kappa shape index (κ2) is 4.21. The highest BCUT2D eigenvalue weighted by molar-refractivity contribution is 5.49. The third-order valence-corrected chi connectivity index (χ3v) is 4.42. The van der Waals surface area contributed by atoms with E-state index >= 15 is 0 Å². The molecule has 0 saturated heterocycles. The van der Waals surface area contributed by atoms with Crippen LogP contribution >= 0.6 is 0 Å². The average Bonchev–Trinajstić information content (AvgIpc) is 2.58. The summed E-state index contributed by atoms with van der Waals surface area (Å²) >= 11 is 0. The highest BCUT2D eigenvalue weighted by Gasteiger charge is 2.36. The monoisotopic (exact) mass is 230 g/mol. The number of ether oxygens (including phenoxy) is 1. The maximum absolute atomic E-state index is 5.56. The van der Waals surface area contributed by atoms with Crippen LogP contribution in [0.15, 0.2) is 29.3 Å². The van der Waals surface area contributed by atoms with E-state index < -0.39 is 0 Å². The quantitative estimate of drug-likeness (QED) is 0.685. The zero-order chi connectivity index (χ0) is 12.6. The molecule has 17 heavy (non-hydrogen) atoms. The van der Waals surface area contributed by atoms with Crippen LogP contribution in [0.3, 0.4) is 0 Å². The summed E-state index contributed by atoms with van der Waals surface area (Å²) in [5.41, 5.74) is 5.80. The third kappa shape index (κ3) is 1.88. The van der Waals surface area contributed by atoms with Crippen LogP contribution in [0.5, 0.6) is 5.75 Å². The minimum atomic E-state index is 0.156. The van der Waals surface area contributed by atoms with E-state index in [1.807, 2.05) is 0 Å². The van der Waals surface area contributed by atoms with Crippen molar-refractivity contribution in [2.24, 2.45) is 0 Å². The lowest BCUT2D eigenvalue weighted by molar-refractivity contribution is 0.395. The second-order valence-corrected chi connectivity index (χ2v) is 5.44. The Morgan fingerprint density at radius 2 is 1.88 bits per heavy atom. The van der Waals surface area contributed by atoms with E-state index in [4.69, 9.17) is 4.74 Å². The summed E-state index contributed by atoms with van der Waals surface area (Å²) in [7, 11) is 1.77. The number of benzene rings is 1. The molecule has 1 nitrogen and oxygen atoms in total. The molecule has 1 aliphatic carbocycles. The van der Waals surface area contributed by atoms with E-state index in [9.17, 15) is 0 Å². The Kier molecular flexibility index (Phi) is 3.03. The van der Waals surface area contributed by atoms with Gasteiger partial charge in [0.2, 0.25) is 0 Å². The number of methoxy groups -OCH3 is 1. The normalized spacial score (nSPS) is 24.3. The van der Waals surface area contributed by atoms with Crippen LogP contribution in [0, 0.1) is 6.92 Å². The van der Waals surface area contributed by atoms with Crippen molar-refractivity contribution in [3.8, 4) is 5.75 Å².